The number of carbonyl (C=O) groups is 1. The molecule has 0 saturated heterocycles. The molecular formula is C24H30N2O3S. The quantitative estimate of drug-likeness (QED) is 0.667. The topological polar surface area (TPSA) is 90.1 Å². The summed E-state index contributed by atoms with van der Waals surface area (Å²) in [4.78, 5) is 14.9. The molecule has 0 radical (unpaired) electrons. The molecule has 1 aromatic heterocycles. The van der Waals surface area contributed by atoms with E-state index in [-0.39, 0.29) is 5.75 Å². The molecule has 1 heterocycles. The van der Waals surface area contributed by atoms with Crippen molar-refractivity contribution < 1.29 is 13.2 Å². The Morgan fingerprint density at radius 1 is 0.967 bits per heavy atom. The zero-order valence-electron chi connectivity index (χ0n) is 18.0. The molecule has 0 atom stereocenters. The van der Waals surface area contributed by atoms with E-state index in [4.69, 9.17) is 5.73 Å². The van der Waals surface area contributed by atoms with Gasteiger partial charge in [-0.1, -0.05) is 61.9 Å². The Morgan fingerprint density at radius 2 is 1.60 bits per heavy atom. The summed E-state index contributed by atoms with van der Waals surface area (Å²) in [7, 11) is -2.66. The van der Waals surface area contributed by atoms with Gasteiger partial charge in [0.2, 0.25) is 5.91 Å². The fourth-order valence-corrected chi connectivity index (χ4v) is 2.26. The number of aromatic nitrogens is 1. The molecule has 0 fully saturated rings. The van der Waals surface area contributed by atoms with E-state index in [2.05, 4.69) is 37.0 Å². The van der Waals surface area contributed by atoms with E-state index < -0.39 is 15.7 Å². The molecule has 1 amide bonds. The Labute approximate surface area is 179 Å². The lowest BCUT2D eigenvalue weighted by Crippen LogP contribution is -2.10. The SMILES string of the molecule is CCS(C)(=O)=O.CCc1cccnc1.Cc1cccc(-c2ccc(C(N)=O)cc2)c1. The number of carbonyl (C=O) groups excluding carboxylic acids is 1. The highest BCUT2D eigenvalue weighted by molar-refractivity contribution is 7.90. The van der Waals surface area contributed by atoms with Crippen LogP contribution in [0.25, 0.3) is 11.1 Å². The molecule has 0 aliphatic heterocycles. The van der Waals surface area contributed by atoms with Crippen molar-refractivity contribution >= 4 is 15.7 Å². The highest BCUT2D eigenvalue weighted by Gasteiger charge is 2.01. The van der Waals surface area contributed by atoms with Gasteiger partial charge in [-0.2, -0.15) is 0 Å². The van der Waals surface area contributed by atoms with Crippen molar-refractivity contribution in [3.05, 3.63) is 89.7 Å². The van der Waals surface area contributed by atoms with E-state index in [1.54, 1.807) is 25.3 Å². The first-order chi connectivity index (χ1) is 14.2. The monoisotopic (exact) mass is 426 g/mol. The number of aryl methyl sites for hydroxylation is 2. The molecule has 0 aliphatic carbocycles. The minimum Gasteiger partial charge on any atom is -0.366 e. The van der Waals surface area contributed by atoms with Crippen LogP contribution in [0.3, 0.4) is 0 Å². The summed E-state index contributed by atoms with van der Waals surface area (Å²) in [5, 5.41) is 0. The molecule has 0 unspecified atom stereocenters. The second-order valence-corrected chi connectivity index (χ2v) is 9.17. The van der Waals surface area contributed by atoms with Gasteiger partial charge in [-0.15, -0.1) is 0 Å². The fraction of sp³-hybridized carbons (Fsp3) is 0.250. The van der Waals surface area contributed by atoms with Gasteiger partial charge in [-0.25, -0.2) is 8.42 Å². The number of nitrogens with zero attached hydrogens (tertiary/aromatic N) is 1. The van der Waals surface area contributed by atoms with Gasteiger partial charge in [0, 0.05) is 30.0 Å². The average Bonchev–Trinajstić information content (AvgIpc) is 2.75. The van der Waals surface area contributed by atoms with Crippen molar-refractivity contribution in [1.82, 2.24) is 4.98 Å². The van der Waals surface area contributed by atoms with Crippen LogP contribution in [0.5, 0.6) is 0 Å². The molecule has 5 nitrogen and oxygen atoms in total. The van der Waals surface area contributed by atoms with Crippen molar-refractivity contribution in [2.45, 2.75) is 27.2 Å². The lowest BCUT2D eigenvalue weighted by atomic mass is 10.0. The van der Waals surface area contributed by atoms with Crippen molar-refractivity contribution in [2.24, 2.45) is 5.73 Å². The van der Waals surface area contributed by atoms with Crippen LogP contribution in [-0.4, -0.2) is 31.3 Å². The Bertz CT molecular complexity index is 1020. The fourth-order valence-electron chi connectivity index (χ4n) is 2.26. The van der Waals surface area contributed by atoms with E-state index in [1.807, 2.05) is 36.5 Å². The van der Waals surface area contributed by atoms with Crippen LogP contribution in [0.4, 0.5) is 0 Å². The lowest BCUT2D eigenvalue weighted by Gasteiger charge is -2.03. The standard InChI is InChI=1S/C14H13NO.C7H9N.C3H8O2S/c1-10-3-2-4-13(9-10)11-5-7-12(8-6-11)14(15)16;1-2-7-4-3-5-8-6-7;1-3-6(2,4)5/h2-9H,1H3,(H2,15,16);3-6H,2H2,1H3;3H2,1-2H3. The number of hydrogen-bond acceptors (Lipinski definition) is 4. The van der Waals surface area contributed by atoms with E-state index >= 15 is 0 Å². The van der Waals surface area contributed by atoms with Crippen LogP contribution in [0.1, 0.15) is 35.3 Å². The zero-order chi connectivity index (χ0) is 22.6. The third kappa shape index (κ3) is 9.98. The predicted molar refractivity (Wildman–Crippen MR) is 124 cm³/mol. The van der Waals surface area contributed by atoms with Gasteiger partial charge in [0.15, 0.2) is 0 Å². The average molecular weight is 427 g/mol. The summed E-state index contributed by atoms with van der Waals surface area (Å²) in [5.41, 5.74) is 10.5. The Balaban J connectivity index is 0.000000268. The first kappa shape index (κ1) is 25.0. The molecule has 2 aromatic carbocycles. The summed E-state index contributed by atoms with van der Waals surface area (Å²) < 4.78 is 20.0. The van der Waals surface area contributed by atoms with Crippen molar-refractivity contribution in [1.29, 1.82) is 0 Å². The summed E-state index contributed by atoms with van der Waals surface area (Å²) >= 11 is 0. The molecule has 6 heteroatoms. The number of benzene rings is 2. The number of hydrogen-bond donors (Lipinski definition) is 1. The number of primary amides is 1. The maximum absolute atomic E-state index is 10.9. The van der Waals surface area contributed by atoms with Crippen LogP contribution in [0, 0.1) is 6.92 Å². The zero-order valence-corrected chi connectivity index (χ0v) is 18.8. The third-order valence-corrected chi connectivity index (χ3v) is 5.22. The molecule has 0 saturated carbocycles. The van der Waals surface area contributed by atoms with Crippen molar-refractivity contribution in [3.8, 4) is 11.1 Å². The highest BCUT2D eigenvalue weighted by atomic mass is 32.2. The van der Waals surface area contributed by atoms with Crippen LogP contribution < -0.4 is 5.73 Å². The number of amides is 1. The predicted octanol–water partition coefficient (Wildman–Crippen LogP) is 4.46. The van der Waals surface area contributed by atoms with Crippen LogP contribution in [0.15, 0.2) is 73.1 Å². The molecular weight excluding hydrogens is 396 g/mol. The molecule has 3 aromatic rings. The molecule has 2 N–H and O–H groups in total. The number of nitrogens with two attached hydrogens (primary N) is 1. The first-order valence-corrected chi connectivity index (χ1v) is 11.8. The van der Waals surface area contributed by atoms with Gasteiger partial charge in [-0.05, 0) is 48.2 Å². The normalized spacial score (nSPS) is 10.1. The van der Waals surface area contributed by atoms with E-state index in [0.717, 1.165) is 17.5 Å². The van der Waals surface area contributed by atoms with Gasteiger partial charge in [0.1, 0.15) is 9.84 Å². The first-order valence-electron chi connectivity index (χ1n) is 9.69. The third-order valence-electron chi connectivity index (χ3n) is 4.18. The minimum atomic E-state index is -2.66. The highest BCUT2D eigenvalue weighted by Crippen LogP contribution is 2.20. The lowest BCUT2D eigenvalue weighted by molar-refractivity contribution is 0.100. The molecule has 160 valence electrons. The summed E-state index contributed by atoms with van der Waals surface area (Å²) in [6, 6.07) is 19.6. The number of rotatable bonds is 4. The molecule has 0 bridgehead atoms. The van der Waals surface area contributed by atoms with Crippen LogP contribution in [-0.2, 0) is 16.3 Å². The number of pyridine rings is 1. The Kier molecular flexibility index (Phi) is 10.5. The molecule has 30 heavy (non-hydrogen) atoms. The Hall–Kier alpha value is -2.99. The summed E-state index contributed by atoms with van der Waals surface area (Å²) in [6.45, 7) is 5.80. The maximum Gasteiger partial charge on any atom is 0.248 e. The van der Waals surface area contributed by atoms with E-state index in [9.17, 15) is 13.2 Å². The van der Waals surface area contributed by atoms with Crippen LogP contribution in [0.2, 0.25) is 0 Å². The van der Waals surface area contributed by atoms with Gasteiger partial charge in [-0.3, -0.25) is 9.78 Å². The van der Waals surface area contributed by atoms with Gasteiger partial charge in [0.05, 0.1) is 0 Å². The van der Waals surface area contributed by atoms with Crippen molar-refractivity contribution in [3.63, 3.8) is 0 Å². The van der Waals surface area contributed by atoms with Gasteiger partial charge < -0.3 is 5.73 Å². The molecule has 0 aliphatic rings. The van der Waals surface area contributed by atoms with E-state index in [1.165, 1.54) is 17.4 Å². The molecule has 3 rings (SSSR count). The second-order valence-electron chi connectivity index (χ2n) is 6.74. The minimum absolute atomic E-state index is 0.243. The number of sulfone groups is 1. The van der Waals surface area contributed by atoms with Crippen molar-refractivity contribution in [2.75, 3.05) is 12.0 Å². The second kappa shape index (κ2) is 12.5. The Morgan fingerprint density at radius 3 is 2.00 bits per heavy atom. The van der Waals surface area contributed by atoms with E-state index in [0.29, 0.717) is 5.56 Å². The smallest absolute Gasteiger partial charge is 0.248 e. The van der Waals surface area contributed by atoms with Crippen LogP contribution >= 0.6 is 0 Å². The summed E-state index contributed by atoms with van der Waals surface area (Å²) in [6.07, 6.45) is 5.97. The largest absolute Gasteiger partial charge is 0.366 e. The van der Waals surface area contributed by atoms with Gasteiger partial charge >= 0.3 is 0 Å². The molecule has 0 spiro atoms. The van der Waals surface area contributed by atoms with Gasteiger partial charge in [0.25, 0.3) is 0 Å². The maximum atomic E-state index is 10.9. The summed E-state index contributed by atoms with van der Waals surface area (Å²) in [5.74, 6) is -0.150.